The Morgan fingerprint density at radius 1 is 1.14 bits per heavy atom. The van der Waals surface area contributed by atoms with Crippen LogP contribution in [0.25, 0.3) is 22.3 Å². The Kier molecular flexibility index (Phi) is 10.00. The van der Waals surface area contributed by atoms with Crippen LogP contribution < -0.4 is 15.0 Å². The van der Waals surface area contributed by atoms with Crippen LogP contribution in [-0.4, -0.2) is 46.1 Å². The van der Waals surface area contributed by atoms with Gasteiger partial charge in [0.1, 0.15) is 5.75 Å². The first-order chi connectivity index (χ1) is 21.0. The summed E-state index contributed by atoms with van der Waals surface area (Å²) in [5.74, 6) is 0.185. The van der Waals surface area contributed by atoms with E-state index in [2.05, 4.69) is 5.10 Å². The van der Waals surface area contributed by atoms with Crippen LogP contribution in [0.4, 0.5) is 5.69 Å². The van der Waals surface area contributed by atoms with Crippen molar-refractivity contribution in [1.29, 1.82) is 0 Å². The third-order valence-electron chi connectivity index (χ3n) is 6.75. The Labute approximate surface area is 259 Å². The number of carbonyl (C=O) groups excluding carboxylic acids is 1. The zero-order valence-electron chi connectivity index (χ0n) is 25.3. The van der Waals surface area contributed by atoms with Crippen molar-refractivity contribution in [2.75, 3.05) is 13.2 Å². The largest absolute Gasteiger partial charge is 0.494 e. The summed E-state index contributed by atoms with van der Waals surface area (Å²) in [6, 6.07) is 13.4. The van der Waals surface area contributed by atoms with Gasteiger partial charge in [0.2, 0.25) is 5.75 Å². The molecule has 0 aliphatic heterocycles. The van der Waals surface area contributed by atoms with Gasteiger partial charge in [-0.25, -0.2) is 9.78 Å². The van der Waals surface area contributed by atoms with Gasteiger partial charge in [0.25, 0.3) is 5.56 Å². The first kappa shape index (κ1) is 32.2. The zero-order chi connectivity index (χ0) is 32.1. The molecule has 0 amide bonds. The van der Waals surface area contributed by atoms with Gasteiger partial charge in [-0.2, -0.15) is 9.78 Å². The van der Waals surface area contributed by atoms with Crippen molar-refractivity contribution in [3.8, 4) is 22.9 Å². The van der Waals surface area contributed by atoms with Crippen molar-refractivity contribution in [3.05, 3.63) is 90.7 Å². The van der Waals surface area contributed by atoms with Crippen LogP contribution in [0.2, 0.25) is 5.02 Å². The molecule has 44 heavy (non-hydrogen) atoms. The number of esters is 1. The Balaban J connectivity index is 1.88. The number of aromatic nitrogens is 2. The quantitative estimate of drug-likeness (QED) is 0.0785. The molecule has 0 unspecified atom stereocenters. The number of halogens is 1. The highest BCUT2D eigenvalue weighted by atomic mass is 35.5. The summed E-state index contributed by atoms with van der Waals surface area (Å²) in [4.78, 5) is 41.9. The molecular weight excluding hydrogens is 588 g/mol. The number of benzene rings is 3. The fraction of sp³-hybridized carbons (Fsp3) is 0.312. The third-order valence-corrected chi connectivity index (χ3v) is 7.03. The molecular formula is C32H33ClN4O7. The Morgan fingerprint density at radius 3 is 2.52 bits per heavy atom. The summed E-state index contributed by atoms with van der Waals surface area (Å²) in [6.45, 7) is 11.6. The topological polar surface area (TPSA) is 135 Å². The maximum atomic E-state index is 13.8. The van der Waals surface area contributed by atoms with Crippen LogP contribution in [-0.2, 0) is 9.53 Å². The normalized spacial score (nSPS) is 12.1. The van der Waals surface area contributed by atoms with Gasteiger partial charge in [0.15, 0.2) is 11.9 Å². The lowest BCUT2D eigenvalue weighted by Crippen LogP contribution is -2.26. The number of nitro groups is 1. The lowest BCUT2D eigenvalue weighted by molar-refractivity contribution is -0.386. The number of fused-ring (bicyclic) bond motifs is 1. The molecule has 3 aromatic carbocycles. The molecule has 4 rings (SSSR count). The van der Waals surface area contributed by atoms with E-state index in [9.17, 15) is 19.7 Å². The van der Waals surface area contributed by atoms with Crippen LogP contribution >= 0.6 is 11.6 Å². The van der Waals surface area contributed by atoms with Crippen LogP contribution in [0.5, 0.6) is 11.5 Å². The maximum Gasteiger partial charge on any atom is 0.347 e. The molecule has 0 fully saturated rings. The molecule has 0 aliphatic rings. The van der Waals surface area contributed by atoms with Crippen molar-refractivity contribution >= 4 is 40.4 Å². The molecule has 0 radical (unpaired) electrons. The lowest BCUT2D eigenvalue weighted by Gasteiger charge is -2.18. The molecule has 1 atom stereocenters. The lowest BCUT2D eigenvalue weighted by atomic mass is 9.96. The summed E-state index contributed by atoms with van der Waals surface area (Å²) >= 11 is 6.40. The van der Waals surface area contributed by atoms with Crippen molar-refractivity contribution in [2.24, 2.45) is 5.10 Å². The van der Waals surface area contributed by atoms with Crippen LogP contribution in [0.1, 0.15) is 57.2 Å². The highest BCUT2D eigenvalue weighted by molar-refractivity contribution is 6.32. The smallest absolute Gasteiger partial charge is 0.347 e. The Morgan fingerprint density at radius 2 is 1.86 bits per heavy atom. The molecule has 0 aliphatic carbocycles. The van der Waals surface area contributed by atoms with E-state index in [0.717, 1.165) is 16.9 Å². The fourth-order valence-corrected chi connectivity index (χ4v) is 4.88. The molecule has 230 valence electrons. The average molecular weight is 621 g/mol. The van der Waals surface area contributed by atoms with Gasteiger partial charge >= 0.3 is 11.7 Å². The molecule has 0 bridgehead atoms. The second-order valence-electron chi connectivity index (χ2n) is 10.2. The number of aryl methyl sites for hydroxylation is 1. The molecule has 4 aromatic rings. The van der Waals surface area contributed by atoms with Gasteiger partial charge < -0.3 is 14.2 Å². The SMILES string of the molecule is CCOC(=O)[C@H](C)Oc1c(Cl)cc(C=Nn2c(-c3cc(C(C)C)c(OCC)cc3C)nc3ccccc3c2=O)cc1[N+](=O)[O-]. The molecule has 1 aromatic heterocycles. The van der Waals surface area contributed by atoms with Crippen LogP contribution in [0.15, 0.2) is 58.4 Å². The van der Waals surface area contributed by atoms with E-state index in [-0.39, 0.29) is 34.7 Å². The highest BCUT2D eigenvalue weighted by Gasteiger charge is 2.26. The van der Waals surface area contributed by atoms with Gasteiger partial charge in [0.05, 0.1) is 40.3 Å². The average Bonchev–Trinajstić information content (AvgIpc) is 2.97. The minimum atomic E-state index is -1.14. The number of ether oxygens (including phenoxy) is 3. The van der Waals surface area contributed by atoms with Gasteiger partial charge in [0, 0.05) is 17.2 Å². The van der Waals surface area contributed by atoms with Crippen molar-refractivity contribution in [2.45, 2.75) is 53.6 Å². The molecule has 0 N–H and O–H groups in total. The second-order valence-corrected chi connectivity index (χ2v) is 10.6. The summed E-state index contributed by atoms with van der Waals surface area (Å²) in [7, 11) is 0. The van der Waals surface area contributed by atoms with Crippen molar-refractivity contribution < 1.29 is 23.9 Å². The molecule has 0 saturated heterocycles. The standard InChI is InChI=1S/C32H33ClN4O7/c1-7-42-28-13-19(5)24(16-23(28)18(3)4)30-35-26-12-10-9-11-22(26)31(38)36(30)34-17-21-14-25(33)29(27(15-21)37(40)41)44-20(6)32(39)43-8-2/h9-18,20H,7-8H2,1-6H3/t20-/m0/s1. The number of para-hydroxylation sites is 1. The molecule has 0 saturated carbocycles. The minimum absolute atomic E-state index is 0.120. The predicted molar refractivity (Wildman–Crippen MR) is 169 cm³/mol. The first-order valence-corrected chi connectivity index (χ1v) is 14.5. The van der Waals surface area contributed by atoms with E-state index < -0.39 is 28.2 Å². The fourth-order valence-electron chi connectivity index (χ4n) is 4.61. The molecule has 11 nitrogen and oxygen atoms in total. The van der Waals surface area contributed by atoms with E-state index in [4.69, 9.17) is 30.8 Å². The number of nitro benzene ring substituents is 1. The summed E-state index contributed by atoms with van der Waals surface area (Å²) in [6.07, 6.45) is 0.148. The number of hydrogen-bond acceptors (Lipinski definition) is 9. The zero-order valence-corrected chi connectivity index (χ0v) is 26.0. The summed E-state index contributed by atoms with van der Waals surface area (Å²) in [5, 5.41) is 16.6. The highest BCUT2D eigenvalue weighted by Crippen LogP contribution is 2.37. The van der Waals surface area contributed by atoms with Gasteiger partial charge in [-0.05, 0) is 75.1 Å². The summed E-state index contributed by atoms with van der Waals surface area (Å²) in [5.41, 5.74) is 2.25. The summed E-state index contributed by atoms with van der Waals surface area (Å²) < 4.78 is 17.5. The number of carbonyl (C=O) groups is 1. The number of hydrogen-bond donors (Lipinski definition) is 0. The third kappa shape index (κ3) is 6.73. The first-order valence-electron chi connectivity index (χ1n) is 14.1. The van der Waals surface area contributed by atoms with Crippen molar-refractivity contribution in [3.63, 3.8) is 0 Å². The van der Waals surface area contributed by atoms with E-state index in [1.54, 1.807) is 31.2 Å². The van der Waals surface area contributed by atoms with Crippen LogP contribution in [0.3, 0.4) is 0 Å². The van der Waals surface area contributed by atoms with E-state index in [1.807, 2.05) is 39.8 Å². The number of nitrogens with zero attached hydrogens (tertiary/aromatic N) is 4. The molecule has 0 spiro atoms. The van der Waals surface area contributed by atoms with E-state index >= 15 is 0 Å². The van der Waals surface area contributed by atoms with Gasteiger partial charge in [-0.3, -0.25) is 14.9 Å². The van der Waals surface area contributed by atoms with E-state index in [0.29, 0.717) is 23.1 Å². The molecule has 12 heteroatoms. The molecule has 1 heterocycles. The monoisotopic (exact) mass is 620 g/mol. The minimum Gasteiger partial charge on any atom is -0.494 e. The Bertz CT molecular complexity index is 1820. The predicted octanol–water partition coefficient (Wildman–Crippen LogP) is 6.67. The maximum absolute atomic E-state index is 13.8. The van der Waals surface area contributed by atoms with Crippen molar-refractivity contribution in [1.82, 2.24) is 9.66 Å². The number of rotatable bonds is 11. The van der Waals surface area contributed by atoms with Crippen LogP contribution in [0, 0.1) is 17.0 Å². The Hall–Kier alpha value is -4.77. The van der Waals surface area contributed by atoms with E-state index in [1.165, 1.54) is 29.9 Å². The second kappa shape index (κ2) is 13.7. The van der Waals surface area contributed by atoms with Gasteiger partial charge in [-0.1, -0.05) is 37.6 Å². The van der Waals surface area contributed by atoms with Gasteiger partial charge in [-0.15, -0.1) is 0 Å².